The van der Waals surface area contributed by atoms with Gasteiger partial charge < -0.3 is 15.0 Å². The predicted octanol–water partition coefficient (Wildman–Crippen LogP) is 2.77. The number of H-pyrrole nitrogens is 1. The molecule has 0 aliphatic carbocycles. The topological polar surface area (TPSA) is 76.6 Å². The molecule has 1 atom stereocenters. The van der Waals surface area contributed by atoms with Gasteiger partial charge in [-0.3, -0.25) is 14.5 Å². The van der Waals surface area contributed by atoms with Crippen LogP contribution < -0.4 is 5.56 Å². The van der Waals surface area contributed by atoms with Crippen LogP contribution >= 0.6 is 0 Å². The summed E-state index contributed by atoms with van der Waals surface area (Å²) in [5.74, 6) is 0.266. The number of phenols is 1. The van der Waals surface area contributed by atoms with Crippen LogP contribution in [0.25, 0.3) is 0 Å². The molecule has 6 nitrogen and oxygen atoms in total. The Hall–Kier alpha value is -2.60. The minimum atomic E-state index is -0.200. The number of likely N-dealkylation sites (tertiary alicyclic amines) is 2. The number of hydrogen-bond donors (Lipinski definition) is 2. The van der Waals surface area contributed by atoms with Crippen LogP contribution in [0, 0.1) is 5.41 Å². The van der Waals surface area contributed by atoms with Crippen LogP contribution in [0.5, 0.6) is 5.75 Å². The molecule has 2 aliphatic rings. The number of pyridine rings is 1. The number of aromatic amines is 1. The maximum absolute atomic E-state index is 12.8. The van der Waals surface area contributed by atoms with Crippen LogP contribution in [0.4, 0.5) is 0 Å². The molecule has 6 heteroatoms. The highest BCUT2D eigenvalue weighted by atomic mass is 16.3. The molecule has 1 amide bonds. The smallest absolute Gasteiger partial charge is 0.255 e. The number of hydrogen-bond acceptors (Lipinski definition) is 4. The fourth-order valence-electron chi connectivity index (χ4n) is 4.78. The highest BCUT2D eigenvalue weighted by molar-refractivity contribution is 5.93. The van der Waals surface area contributed by atoms with E-state index in [1.54, 1.807) is 18.2 Å². The van der Waals surface area contributed by atoms with Crippen molar-refractivity contribution in [3.8, 4) is 5.75 Å². The summed E-state index contributed by atoms with van der Waals surface area (Å²) in [5, 5.41) is 9.65. The van der Waals surface area contributed by atoms with Crippen molar-refractivity contribution >= 4 is 5.91 Å². The van der Waals surface area contributed by atoms with Crippen molar-refractivity contribution in [2.24, 2.45) is 5.41 Å². The Morgan fingerprint density at radius 1 is 1.14 bits per heavy atom. The lowest BCUT2D eigenvalue weighted by Crippen LogP contribution is -2.64. The van der Waals surface area contributed by atoms with E-state index in [4.69, 9.17) is 0 Å². The standard InChI is InChI=1S/C22H27N3O3/c1-15(2)25-14-22(20(25)16-3-6-18(26)7-4-16)9-11-24(12-10-22)21(28)17-5-8-19(27)23-13-17/h3-8,13,15,20,26H,9-12,14H2,1-2H3,(H,23,27). The van der Waals surface area contributed by atoms with Crippen LogP contribution in [0.2, 0.25) is 0 Å². The molecule has 2 saturated heterocycles. The van der Waals surface area contributed by atoms with E-state index in [1.165, 1.54) is 17.8 Å². The quantitative estimate of drug-likeness (QED) is 0.857. The Morgan fingerprint density at radius 3 is 2.39 bits per heavy atom. The molecule has 3 heterocycles. The predicted molar refractivity (Wildman–Crippen MR) is 107 cm³/mol. The Balaban J connectivity index is 1.50. The monoisotopic (exact) mass is 381 g/mol. The minimum Gasteiger partial charge on any atom is -0.508 e. The summed E-state index contributed by atoms with van der Waals surface area (Å²) in [6.45, 7) is 6.91. The van der Waals surface area contributed by atoms with Gasteiger partial charge in [-0.15, -0.1) is 0 Å². The van der Waals surface area contributed by atoms with Gasteiger partial charge in [0.2, 0.25) is 5.56 Å². The maximum atomic E-state index is 12.8. The van der Waals surface area contributed by atoms with Crippen molar-refractivity contribution in [2.75, 3.05) is 19.6 Å². The molecule has 0 saturated carbocycles. The zero-order chi connectivity index (χ0) is 19.9. The van der Waals surface area contributed by atoms with Crippen molar-refractivity contribution in [1.29, 1.82) is 0 Å². The molecule has 1 unspecified atom stereocenters. The van der Waals surface area contributed by atoms with Gasteiger partial charge in [-0.2, -0.15) is 0 Å². The number of phenolic OH excluding ortho intramolecular Hbond substituents is 1. The number of nitrogens with one attached hydrogen (secondary N) is 1. The van der Waals surface area contributed by atoms with Gasteiger partial charge in [0, 0.05) is 49.4 Å². The number of amides is 1. The van der Waals surface area contributed by atoms with Crippen LogP contribution in [-0.2, 0) is 0 Å². The molecule has 0 bridgehead atoms. The number of aromatic hydroxyl groups is 1. The second kappa shape index (κ2) is 7.09. The van der Waals surface area contributed by atoms with E-state index in [0.29, 0.717) is 17.6 Å². The first kappa shape index (κ1) is 18.7. The third-order valence-corrected chi connectivity index (χ3v) is 6.36. The Labute approximate surface area is 164 Å². The summed E-state index contributed by atoms with van der Waals surface area (Å²) < 4.78 is 0. The number of rotatable bonds is 3. The van der Waals surface area contributed by atoms with Gasteiger partial charge in [0.25, 0.3) is 5.91 Å². The highest BCUT2D eigenvalue weighted by Gasteiger charge is 2.54. The Morgan fingerprint density at radius 2 is 1.82 bits per heavy atom. The van der Waals surface area contributed by atoms with E-state index in [9.17, 15) is 14.7 Å². The van der Waals surface area contributed by atoms with Gasteiger partial charge in [0.15, 0.2) is 0 Å². The zero-order valence-electron chi connectivity index (χ0n) is 16.4. The van der Waals surface area contributed by atoms with Crippen LogP contribution in [-0.4, -0.2) is 51.5 Å². The molecule has 1 aromatic carbocycles. The van der Waals surface area contributed by atoms with Crippen molar-refractivity contribution in [1.82, 2.24) is 14.8 Å². The summed E-state index contributed by atoms with van der Waals surface area (Å²) >= 11 is 0. The molecule has 0 radical (unpaired) electrons. The second-order valence-electron chi connectivity index (χ2n) is 8.36. The molecular weight excluding hydrogens is 354 g/mol. The number of aromatic nitrogens is 1. The van der Waals surface area contributed by atoms with Gasteiger partial charge >= 0.3 is 0 Å². The van der Waals surface area contributed by atoms with Gasteiger partial charge in [-0.05, 0) is 50.5 Å². The third-order valence-electron chi connectivity index (χ3n) is 6.36. The lowest BCUT2D eigenvalue weighted by atomic mass is 9.62. The first-order valence-corrected chi connectivity index (χ1v) is 9.92. The van der Waals surface area contributed by atoms with E-state index in [0.717, 1.165) is 32.5 Å². The van der Waals surface area contributed by atoms with Crippen molar-refractivity contribution in [2.45, 2.75) is 38.8 Å². The molecule has 2 aromatic rings. The van der Waals surface area contributed by atoms with Gasteiger partial charge in [0.1, 0.15) is 5.75 Å². The fourth-order valence-corrected chi connectivity index (χ4v) is 4.78. The molecule has 148 valence electrons. The summed E-state index contributed by atoms with van der Waals surface area (Å²) in [7, 11) is 0. The van der Waals surface area contributed by atoms with E-state index in [1.807, 2.05) is 17.0 Å². The SMILES string of the molecule is CC(C)N1CC2(CCN(C(=O)c3ccc(=O)[nH]c3)CC2)C1c1ccc(O)cc1. The summed E-state index contributed by atoms with van der Waals surface area (Å²) in [4.78, 5) is 31.0. The first-order valence-electron chi connectivity index (χ1n) is 9.92. The number of benzene rings is 1. The van der Waals surface area contributed by atoms with E-state index < -0.39 is 0 Å². The van der Waals surface area contributed by atoms with Gasteiger partial charge in [0.05, 0.1) is 5.56 Å². The fraction of sp³-hybridized carbons (Fsp3) is 0.455. The van der Waals surface area contributed by atoms with E-state index >= 15 is 0 Å². The minimum absolute atomic E-state index is 0.0210. The van der Waals surface area contributed by atoms with Crippen LogP contribution in [0.3, 0.4) is 0 Å². The number of carbonyl (C=O) groups excluding carboxylic acids is 1. The first-order chi connectivity index (χ1) is 13.4. The summed E-state index contributed by atoms with van der Waals surface area (Å²) in [6, 6.07) is 11.3. The maximum Gasteiger partial charge on any atom is 0.255 e. The Kier molecular flexibility index (Phi) is 4.75. The average Bonchev–Trinajstić information content (AvgIpc) is 2.68. The lowest BCUT2D eigenvalue weighted by molar-refractivity contribution is -0.124. The van der Waals surface area contributed by atoms with Crippen LogP contribution in [0.1, 0.15) is 48.7 Å². The number of carbonyl (C=O) groups is 1. The van der Waals surface area contributed by atoms with Gasteiger partial charge in [-0.25, -0.2) is 0 Å². The van der Waals surface area contributed by atoms with Crippen molar-refractivity contribution in [3.63, 3.8) is 0 Å². The lowest BCUT2D eigenvalue weighted by Gasteiger charge is -2.62. The largest absolute Gasteiger partial charge is 0.508 e. The molecular formula is C22H27N3O3. The highest BCUT2D eigenvalue weighted by Crippen LogP contribution is 2.55. The van der Waals surface area contributed by atoms with Crippen molar-refractivity contribution in [3.05, 3.63) is 64.1 Å². The molecule has 1 aromatic heterocycles. The summed E-state index contributed by atoms with van der Waals surface area (Å²) in [5.41, 5.74) is 1.73. The molecule has 4 rings (SSSR count). The second-order valence-corrected chi connectivity index (χ2v) is 8.36. The zero-order valence-corrected chi connectivity index (χ0v) is 16.4. The molecule has 2 fully saturated rings. The van der Waals surface area contributed by atoms with E-state index in [2.05, 4.69) is 23.7 Å². The molecule has 2 N–H and O–H groups in total. The van der Waals surface area contributed by atoms with Crippen LogP contribution in [0.15, 0.2) is 47.4 Å². The molecule has 28 heavy (non-hydrogen) atoms. The van der Waals surface area contributed by atoms with E-state index in [-0.39, 0.29) is 22.6 Å². The normalized spacial score (nSPS) is 21.7. The number of nitrogens with zero attached hydrogens (tertiary/aromatic N) is 2. The van der Waals surface area contributed by atoms with Crippen molar-refractivity contribution < 1.29 is 9.90 Å². The summed E-state index contributed by atoms with van der Waals surface area (Å²) in [6.07, 6.45) is 3.41. The molecule has 2 aliphatic heterocycles. The average molecular weight is 381 g/mol. The Bertz CT molecular complexity index is 891. The van der Waals surface area contributed by atoms with Gasteiger partial charge in [-0.1, -0.05) is 12.1 Å². The number of piperidine rings is 1. The molecule has 1 spiro atoms. The third kappa shape index (κ3) is 3.22.